The minimum atomic E-state index is -4.41. The number of likely N-dealkylation sites (tertiary alicyclic amines) is 1. The summed E-state index contributed by atoms with van der Waals surface area (Å²) in [5, 5.41) is 0. The molecule has 1 atom stereocenters. The molecule has 0 aromatic rings. The summed E-state index contributed by atoms with van der Waals surface area (Å²) < 4.78 is 31.0. The Bertz CT molecular complexity index is 315. The van der Waals surface area contributed by atoms with Gasteiger partial charge in [-0.05, 0) is 6.42 Å². The fourth-order valence-electron chi connectivity index (χ4n) is 1.63. The second-order valence-electron chi connectivity index (χ2n) is 4.00. The number of rotatable bonds is 4. The van der Waals surface area contributed by atoms with Gasteiger partial charge in [-0.3, -0.25) is 8.98 Å². The third kappa shape index (κ3) is 10.4. The first-order valence-corrected chi connectivity index (χ1v) is 7.09. The molecule has 0 amide bonds. The Kier molecular flexibility index (Phi) is 8.32. The van der Waals surface area contributed by atoms with Crippen LogP contribution in [0.4, 0.5) is 0 Å². The lowest BCUT2D eigenvalue weighted by atomic mass is 10.1. The largest absolute Gasteiger partial charge is 0.726 e. The Morgan fingerprint density at radius 1 is 1.47 bits per heavy atom. The van der Waals surface area contributed by atoms with Gasteiger partial charge in [0.1, 0.15) is 6.54 Å². The number of ketones is 1. The number of Topliss-reactive ketones (excluding diaryl/α,β-unsaturated/α-hetero) is 1. The van der Waals surface area contributed by atoms with Crippen LogP contribution in [0.1, 0.15) is 32.6 Å². The minimum absolute atomic E-state index is 0.461. The average Bonchev–Trinajstić information content (AvgIpc) is 2.26. The highest BCUT2D eigenvalue weighted by Gasteiger charge is 2.18. The second kappa shape index (κ2) is 8.57. The van der Waals surface area contributed by atoms with Crippen molar-refractivity contribution in [2.75, 3.05) is 26.7 Å². The Balaban J connectivity index is 0.000000366. The molecule has 0 aromatic heterocycles. The van der Waals surface area contributed by atoms with Crippen molar-refractivity contribution in [2.24, 2.45) is 0 Å². The smallest absolute Gasteiger partial charge is 0.217 e. The molecule has 6 nitrogen and oxygen atoms in total. The van der Waals surface area contributed by atoms with Crippen LogP contribution < -0.4 is 4.90 Å². The van der Waals surface area contributed by atoms with E-state index in [1.807, 2.05) is 0 Å². The van der Waals surface area contributed by atoms with Crippen molar-refractivity contribution >= 4 is 16.2 Å². The molecular weight excluding hydrogens is 246 g/mol. The first-order chi connectivity index (χ1) is 7.89. The van der Waals surface area contributed by atoms with Gasteiger partial charge >= 0.3 is 0 Å². The predicted octanol–water partition coefficient (Wildman–Crippen LogP) is -0.873. The van der Waals surface area contributed by atoms with Gasteiger partial charge in [-0.1, -0.05) is 13.3 Å². The van der Waals surface area contributed by atoms with Crippen molar-refractivity contribution < 1.29 is 26.8 Å². The van der Waals surface area contributed by atoms with Crippen molar-refractivity contribution in [1.82, 2.24) is 0 Å². The van der Waals surface area contributed by atoms with Crippen LogP contribution in [0.3, 0.4) is 0 Å². The molecule has 1 N–H and O–H groups in total. The third-order valence-corrected chi connectivity index (χ3v) is 2.93. The van der Waals surface area contributed by atoms with E-state index in [-0.39, 0.29) is 0 Å². The van der Waals surface area contributed by atoms with E-state index >= 15 is 0 Å². The molecule has 1 heterocycles. The van der Waals surface area contributed by atoms with Gasteiger partial charge in [0.15, 0.2) is 5.78 Å². The van der Waals surface area contributed by atoms with Gasteiger partial charge < -0.3 is 9.45 Å². The van der Waals surface area contributed by atoms with Gasteiger partial charge in [0.25, 0.3) is 0 Å². The van der Waals surface area contributed by atoms with Crippen LogP contribution in [0.5, 0.6) is 0 Å². The molecule has 1 fully saturated rings. The zero-order valence-corrected chi connectivity index (χ0v) is 11.2. The highest BCUT2D eigenvalue weighted by molar-refractivity contribution is 7.80. The first kappa shape index (κ1) is 16.5. The number of unbranched alkanes of at least 4 members (excludes halogenated alkanes) is 1. The molecule has 0 aliphatic carbocycles. The van der Waals surface area contributed by atoms with Gasteiger partial charge in [0.2, 0.25) is 10.4 Å². The van der Waals surface area contributed by atoms with E-state index in [1.54, 1.807) is 0 Å². The normalized spacial score (nSPS) is 20.6. The summed E-state index contributed by atoms with van der Waals surface area (Å²) in [6.07, 6.45) is 4.45. The fraction of sp³-hybridized carbons (Fsp3) is 0.900. The van der Waals surface area contributed by atoms with E-state index in [1.165, 1.54) is 30.8 Å². The fourth-order valence-corrected chi connectivity index (χ4v) is 1.63. The van der Waals surface area contributed by atoms with E-state index in [9.17, 15) is 17.8 Å². The summed E-state index contributed by atoms with van der Waals surface area (Å²) in [4.78, 5) is 12.5. The van der Waals surface area contributed by atoms with Crippen LogP contribution in [-0.4, -0.2) is 45.5 Å². The maximum atomic E-state index is 11.0. The van der Waals surface area contributed by atoms with E-state index in [0.717, 1.165) is 26.5 Å². The van der Waals surface area contributed by atoms with E-state index < -0.39 is 10.4 Å². The summed E-state index contributed by atoms with van der Waals surface area (Å²) in [5.41, 5.74) is 0. The molecule has 0 spiro atoms. The predicted molar refractivity (Wildman–Crippen MR) is 61.4 cm³/mol. The molecule has 1 aliphatic rings. The monoisotopic (exact) mass is 267 g/mol. The molecule has 17 heavy (non-hydrogen) atoms. The number of hydrogen-bond acceptors (Lipinski definition) is 5. The number of carbonyl (C=O) groups is 1. The molecule has 0 radical (unpaired) electrons. The molecule has 0 saturated carbocycles. The molecule has 102 valence electrons. The van der Waals surface area contributed by atoms with Crippen LogP contribution in [0.25, 0.3) is 0 Å². The SMILES string of the molecule is CCCC[NH+]1CCCC(=O)C1.COS(=O)(=O)[O-]. The zero-order chi connectivity index (χ0) is 13.3. The summed E-state index contributed by atoms with van der Waals surface area (Å²) in [5.74, 6) is 0.461. The lowest BCUT2D eigenvalue weighted by molar-refractivity contribution is -0.894. The Labute approximate surface area is 103 Å². The summed E-state index contributed by atoms with van der Waals surface area (Å²) in [6, 6.07) is 0. The molecule has 1 saturated heterocycles. The number of carbonyl (C=O) groups excluding carboxylic acids is 1. The summed E-state index contributed by atoms with van der Waals surface area (Å²) in [7, 11) is -3.60. The Morgan fingerprint density at radius 2 is 2.06 bits per heavy atom. The van der Waals surface area contributed by atoms with Crippen molar-refractivity contribution in [3.8, 4) is 0 Å². The van der Waals surface area contributed by atoms with Gasteiger partial charge in [0.05, 0.1) is 20.2 Å². The lowest BCUT2D eigenvalue weighted by Crippen LogP contribution is -3.13. The highest BCUT2D eigenvalue weighted by Crippen LogP contribution is 1.91. The maximum Gasteiger partial charge on any atom is 0.217 e. The molecule has 0 bridgehead atoms. The Hall–Kier alpha value is -0.500. The van der Waals surface area contributed by atoms with E-state index in [0.29, 0.717) is 5.78 Å². The number of nitrogens with one attached hydrogen (secondary N) is 1. The van der Waals surface area contributed by atoms with Crippen LogP contribution >= 0.6 is 0 Å². The van der Waals surface area contributed by atoms with Crippen LogP contribution in [0, 0.1) is 0 Å². The maximum absolute atomic E-state index is 11.0. The molecule has 1 unspecified atom stereocenters. The lowest BCUT2D eigenvalue weighted by Gasteiger charge is -2.22. The van der Waals surface area contributed by atoms with E-state index in [4.69, 9.17) is 0 Å². The van der Waals surface area contributed by atoms with Crippen LogP contribution in [0.2, 0.25) is 0 Å². The number of quaternary nitrogens is 1. The number of piperidine rings is 1. The quantitative estimate of drug-likeness (QED) is 0.528. The third-order valence-electron chi connectivity index (χ3n) is 2.52. The standard InChI is InChI=1S/C9H17NO.CH4O4S/c1-2-3-6-10-7-4-5-9(11)8-10;1-5-6(2,3)4/h2-8H2,1H3;1H3,(H,2,3,4). The van der Waals surface area contributed by atoms with Gasteiger partial charge in [0, 0.05) is 12.8 Å². The second-order valence-corrected chi connectivity index (χ2v) is 5.15. The molecule has 7 heteroatoms. The van der Waals surface area contributed by atoms with Gasteiger partial charge in [-0.25, -0.2) is 8.42 Å². The Morgan fingerprint density at radius 3 is 2.47 bits per heavy atom. The average molecular weight is 267 g/mol. The van der Waals surface area contributed by atoms with Gasteiger partial charge in [-0.15, -0.1) is 0 Å². The summed E-state index contributed by atoms with van der Waals surface area (Å²) >= 11 is 0. The topological polar surface area (TPSA) is 87.9 Å². The van der Waals surface area contributed by atoms with Crippen molar-refractivity contribution in [1.29, 1.82) is 0 Å². The molecule has 0 aromatic carbocycles. The zero-order valence-electron chi connectivity index (χ0n) is 10.4. The molecule has 1 rings (SSSR count). The van der Waals surface area contributed by atoms with Gasteiger partial charge in [-0.2, -0.15) is 0 Å². The van der Waals surface area contributed by atoms with Crippen molar-refractivity contribution in [3.05, 3.63) is 0 Å². The van der Waals surface area contributed by atoms with Crippen LogP contribution in [0.15, 0.2) is 0 Å². The van der Waals surface area contributed by atoms with E-state index in [2.05, 4.69) is 11.1 Å². The number of hydrogen-bond donors (Lipinski definition) is 1. The first-order valence-electron chi connectivity index (χ1n) is 5.75. The molecule has 1 aliphatic heterocycles. The summed E-state index contributed by atoms with van der Waals surface area (Å²) in [6.45, 7) is 5.40. The van der Waals surface area contributed by atoms with Crippen LogP contribution in [-0.2, 0) is 19.4 Å². The highest BCUT2D eigenvalue weighted by atomic mass is 32.3. The van der Waals surface area contributed by atoms with Crippen molar-refractivity contribution in [3.63, 3.8) is 0 Å². The molecular formula is C10H21NO5S. The minimum Gasteiger partial charge on any atom is -0.726 e. The van der Waals surface area contributed by atoms with Crippen molar-refractivity contribution in [2.45, 2.75) is 32.6 Å².